The summed E-state index contributed by atoms with van der Waals surface area (Å²) >= 11 is 3.43. The lowest BCUT2D eigenvalue weighted by atomic mass is 10.1. The third-order valence-corrected chi connectivity index (χ3v) is 4.04. The van der Waals surface area contributed by atoms with Gasteiger partial charge in [0.05, 0.1) is 5.56 Å². The van der Waals surface area contributed by atoms with Gasteiger partial charge in [0.1, 0.15) is 0 Å². The van der Waals surface area contributed by atoms with Crippen LogP contribution in [0.2, 0.25) is 0 Å². The van der Waals surface area contributed by atoms with Crippen molar-refractivity contribution in [2.45, 2.75) is 38.6 Å². The highest BCUT2D eigenvalue weighted by atomic mass is 79.9. The van der Waals surface area contributed by atoms with Gasteiger partial charge in [0, 0.05) is 16.2 Å². The summed E-state index contributed by atoms with van der Waals surface area (Å²) in [4.78, 5) is 10.9. The maximum Gasteiger partial charge on any atom is 0.335 e. The Morgan fingerprint density at radius 2 is 2.28 bits per heavy atom. The fourth-order valence-corrected chi connectivity index (χ4v) is 2.56. The molecule has 1 aromatic carbocycles. The summed E-state index contributed by atoms with van der Waals surface area (Å²) < 4.78 is 0.816. The zero-order valence-corrected chi connectivity index (χ0v) is 12.0. The first-order valence-corrected chi connectivity index (χ1v) is 7.18. The fraction of sp³-hybridized carbons (Fsp3) is 0.500. The van der Waals surface area contributed by atoms with Crippen molar-refractivity contribution in [1.29, 1.82) is 0 Å². The molecule has 0 amide bonds. The standard InChI is InChI=1S/C14H18BrNO2/c1-2-11(7-9-3-4-9)16-13-6-5-10(14(17)18)8-12(13)15/h5-6,8-9,11,16H,2-4,7H2,1H3,(H,17,18). The van der Waals surface area contributed by atoms with E-state index < -0.39 is 5.97 Å². The van der Waals surface area contributed by atoms with Gasteiger partial charge in [-0.2, -0.15) is 0 Å². The van der Waals surface area contributed by atoms with E-state index in [9.17, 15) is 4.79 Å². The van der Waals surface area contributed by atoms with Gasteiger partial charge in [0.25, 0.3) is 0 Å². The van der Waals surface area contributed by atoms with Gasteiger partial charge in [-0.05, 0) is 52.9 Å². The number of nitrogens with one attached hydrogen (secondary N) is 1. The molecule has 2 rings (SSSR count). The van der Waals surface area contributed by atoms with Crippen molar-refractivity contribution in [2.75, 3.05) is 5.32 Å². The number of benzene rings is 1. The van der Waals surface area contributed by atoms with Crippen LogP contribution in [0.15, 0.2) is 22.7 Å². The van der Waals surface area contributed by atoms with E-state index in [2.05, 4.69) is 28.2 Å². The van der Waals surface area contributed by atoms with Crippen LogP contribution in [-0.2, 0) is 0 Å². The Morgan fingerprint density at radius 1 is 1.56 bits per heavy atom. The van der Waals surface area contributed by atoms with Gasteiger partial charge in [-0.3, -0.25) is 0 Å². The molecule has 1 aromatic rings. The summed E-state index contributed by atoms with van der Waals surface area (Å²) in [5, 5.41) is 12.4. The predicted molar refractivity (Wildman–Crippen MR) is 76.1 cm³/mol. The van der Waals surface area contributed by atoms with Gasteiger partial charge in [-0.1, -0.05) is 19.8 Å². The van der Waals surface area contributed by atoms with Crippen LogP contribution in [0.25, 0.3) is 0 Å². The van der Waals surface area contributed by atoms with Gasteiger partial charge in [0.2, 0.25) is 0 Å². The molecule has 4 heteroatoms. The Labute approximate surface area is 116 Å². The maximum absolute atomic E-state index is 10.9. The van der Waals surface area contributed by atoms with Gasteiger partial charge in [0.15, 0.2) is 0 Å². The van der Waals surface area contributed by atoms with Crippen molar-refractivity contribution in [3.8, 4) is 0 Å². The lowest BCUT2D eigenvalue weighted by molar-refractivity contribution is 0.0697. The van der Waals surface area contributed by atoms with Crippen molar-refractivity contribution in [1.82, 2.24) is 0 Å². The minimum absolute atomic E-state index is 0.308. The number of hydrogen-bond donors (Lipinski definition) is 2. The first-order chi connectivity index (χ1) is 8.60. The summed E-state index contributed by atoms with van der Waals surface area (Å²) in [5.41, 5.74) is 1.29. The Balaban J connectivity index is 2.05. The fourth-order valence-electron chi connectivity index (χ4n) is 2.07. The number of aromatic carboxylic acids is 1. The molecule has 1 aliphatic rings. The number of carboxylic acids is 1. The average molecular weight is 312 g/mol. The third kappa shape index (κ3) is 3.48. The van der Waals surface area contributed by atoms with Crippen molar-refractivity contribution in [3.05, 3.63) is 28.2 Å². The summed E-state index contributed by atoms with van der Waals surface area (Å²) in [7, 11) is 0. The van der Waals surface area contributed by atoms with Crippen LogP contribution in [0.1, 0.15) is 43.0 Å². The molecule has 98 valence electrons. The Hall–Kier alpha value is -1.03. The minimum atomic E-state index is -0.896. The van der Waals surface area contributed by atoms with E-state index in [4.69, 9.17) is 5.11 Å². The summed E-state index contributed by atoms with van der Waals surface area (Å²) in [5.74, 6) is -0.00760. The summed E-state index contributed by atoms with van der Waals surface area (Å²) in [6.45, 7) is 2.18. The van der Waals surface area contributed by atoms with Crippen LogP contribution >= 0.6 is 15.9 Å². The molecule has 0 bridgehead atoms. The zero-order chi connectivity index (χ0) is 13.1. The topological polar surface area (TPSA) is 49.3 Å². The second-order valence-corrected chi connectivity index (χ2v) is 5.78. The van der Waals surface area contributed by atoms with Gasteiger partial charge < -0.3 is 10.4 Å². The van der Waals surface area contributed by atoms with E-state index in [1.807, 2.05) is 6.07 Å². The predicted octanol–water partition coefficient (Wildman–Crippen LogP) is 4.14. The highest BCUT2D eigenvalue weighted by molar-refractivity contribution is 9.10. The van der Waals surface area contributed by atoms with Crippen LogP contribution in [0.3, 0.4) is 0 Å². The number of carbonyl (C=O) groups is 1. The molecule has 0 radical (unpaired) electrons. The first-order valence-electron chi connectivity index (χ1n) is 6.39. The van der Waals surface area contributed by atoms with Gasteiger partial charge >= 0.3 is 5.97 Å². The molecule has 0 heterocycles. The van der Waals surface area contributed by atoms with Gasteiger partial charge in [-0.15, -0.1) is 0 Å². The zero-order valence-electron chi connectivity index (χ0n) is 10.4. The first kappa shape index (κ1) is 13.4. The van der Waals surface area contributed by atoms with Crippen molar-refractivity contribution < 1.29 is 9.90 Å². The van der Waals surface area contributed by atoms with Crippen molar-refractivity contribution in [3.63, 3.8) is 0 Å². The number of carboxylic acid groups (broad SMARTS) is 1. The second kappa shape index (κ2) is 5.74. The molecule has 0 spiro atoms. The van der Waals surface area contributed by atoms with Crippen LogP contribution in [0.5, 0.6) is 0 Å². The number of hydrogen-bond acceptors (Lipinski definition) is 2. The van der Waals surface area contributed by atoms with E-state index in [-0.39, 0.29) is 0 Å². The highest BCUT2D eigenvalue weighted by Gasteiger charge is 2.24. The van der Waals surface area contributed by atoms with E-state index in [1.165, 1.54) is 19.3 Å². The average Bonchev–Trinajstić information content (AvgIpc) is 3.14. The largest absolute Gasteiger partial charge is 0.478 e. The lowest BCUT2D eigenvalue weighted by Crippen LogP contribution is -2.19. The number of halogens is 1. The third-order valence-electron chi connectivity index (χ3n) is 3.38. The Morgan fingerprint density at radius 3 is 2.78 bits per heavy atom. The number of rotatable bonds is 6. The molecule has 1 saturated carbocycles. The molecular weight excluding hydrogens is 294 g/mol. The summed E-state index contributed by atoms with van der Waals surface area (Å²) in [6.07, 6.45) is 5.02. The normalized spacial score (nSPS) is 16.3. The van der Waals surface area contributed by atoms with E-state index in [0.717, 1.165) is 22.5 Å². The van der Waals surface area contributed by atoms with Crippen LogP contribution in [-0.4, -0.2) is 17.1 Å². The maximum atomic E-state index is 10.9. The highest BCUT2D eigenvalue weighted by Crippen LogP contribution is 2.35. The SMILES string of the molecule is CCC(CC1CC1)Nc1ccc(C(=O)O)cc1Br. The van der Waals surface area contributed by atoms with E-state index >= 15 is 0 Å². The Bertz CT molecular complexity index is 443. The summed E-state index contributed by atoms with van der Waals surface area (Å²) in [6, 6.07) is 5.60. The van der Waals surface area contributed by atoms with Crippen LogP contribution in [0, 0.1) is 5.92 Å². The second-order valence-electron chi connectivity index (χ2n) is 4.93. The smallest absolute Gasteiger partial charge is 0.335 e. The molecule has 0 aromatic heterocycles. The number of anilines is 1. The molecule has 1 atom stereocenters. The molecule has 1 aliphatic carbocycles. The minimum Gasteiger partial charge on any atom is -0.478 e. The quantitative estimate of drug-likeness (QED) is 0.830. The molecule has 18 heavy (non-hydrogen) atoms. The Kier molecular flexibility index (Phi) is 4.27. The van der Waals surface area contributed by atoms with Crippen molar-refractivity contribution >= 4 is 27.6 Å². The van der Waals surface area contributed by atoms with Crippen LogP contribution < -0.4 is 5.32 Å². The van der Waals surface area contributed by atoms with Crippen molar-refractivity contribution in [2.24, 2.45) is 5.92 Å². The molecule has 1 fully saturated rings. The molecular formula is C14H18BrNO2. The molecule has 1 unspecified atom stereocenters. The van der Waals surface area contributed by atoms with E-state index in [0.29, 0.717) is 11.6 Å². The molecule has 0 saturated heterocycles. The van der Waals surface area contributed by atoms with E-state index in [1.54, 1.807) is 12.1 Å². The lowest BCUT2D eigenvalue weighted by Gasteiger charge is -2.19. The molecule has 2 N–H and O–H groups in total. The van der Waals surface area contributed by atoms with Gasteiger partial charge in [-0.25, -0.2) is 4.79 Å². The molecule has 3 nitrogen and oxygen atoms in total. The monoisotopic (exact) mass is 311 g/mol. The van der Waals surface area contributed by atoms with Crippen LogP contribution in [0.4, 0.5) is 5.69 Å². The molecule has 0 aliphatic heterocycles.